The highest BCUT2D eigenvalue weighted by Gasteiger charge is 2.36. The number of allylic oxidation sites excluding steroid dienone is 1. The van der Waals surface area contributed by atoms with Crippen LogP contribution < -0.4 is 10.6 Å². The van der Waals surface area contributed by atoms with E-state index in [0.29, 0.717) is 19.4 Å². The van der Waals surface area contributed by atoms with E-state index < -0.39 is 0 Å². The van der Waals surface area contributed by atoms with Crippen LogP contribution in [0.25, 0.3) is 0 Å². The first-order valence-electron chi connectivity index (χ1n) is 8.63. The summed E-state index contributed by atoms with van der Waals surface area (Å²) in [4.78, 5) is 17.3. The first kappa shape index (κ1) is 14.6. The van der Waals surface area contributed by atoms with Gasteiger partial charge in [-0.1, -0.05) is 30.3 Å². The van der Waals surface area contributed by atoms with Gasteiger partial charge in [-0.25, -0.2) is 0 Å². The molecule has 5 heteroatoms. The monoisotopic (exact) mass is 312 g/mol. The standard InChI is InChI=1S/C18H24N4O/c23-18-17-15(8-4-11-20-17)22(16-9-5-10-19-16)13-21(18)12-14-6-2-1-3-7-14/h1-3,6-7,16,19-20H,4-5,8-13H2. The predicted molar refractivity (Wildman–Crippen MR) is 89.0 cm³/mol. The number of hydrogen-bond donors (Lipinski definition) is 2. The number of amides is 1. The van der Waals surface area contributed by atoms with Gasteiger partial charge in [0.1, 0.15) is 5.70 Å². The third kappa shape index (κ3) is 2.81. The molecule has 1 amide bonds. The molecule has 0 bridgehead atoms. The highest BCUT2D eigenvalue weighted by atomic mass is 16.2. The topological polar surface area (TPSA) is 47.6 Å². The molecule has 0 spiro atoms. The molecule has 0 radical (unpaired) electrons. The molecular weight excluding hydrogens is 288 g/mol. The highest BCUT2D eigenvalue weighted by molar-refractivity contribution is 5.94. The van der Waals surface area contributed by atoms with Crippen LogP contribution in [0.1, 0.15) is 31.2 Å². The number of nitrogens with one attached hydrogen (secondary N) is 2. The fourth-order valence-corrected chi connectivity index (χ4v) is 3.82. The number of benzene rings is 1. The molecule has 1 aromatic rings. The molecule has 23 heavy (non-hydrogen) atoms. The Morgan fingerprint density at radius 3 is 2.78 bits per heavy atom. The van der Waals surface area contributed by atoms with Crippen LogP contribution in [-0.4, -0.2) is 41.6 Å². The van der Waals surface area contributed by atoms with Gasteiger partial charge in [0.05, 0.1) is 12.8 Å². The molecule has 2 N–H and O–H groups in total. The minimum Gasteiger partial charge on any atom is -0.379 e. The van der Waals surface area contributed by atoms with Crippen molar-refractivity contribution in [2.45, 2.75) is 38.4 Å². The summed E-state index contributed by atoms with van der Waals surface area (Å²) in [5.74, 6) is 0.151. The van der Waals surface area contributed by atoms with E-state index in [1.54, 1.807) is 0 Å². The average molecular weight is 312 g/mol. The zero-order chi connectivity index (χ0) is 15.6. The summed E-state index contributed by atoms with van der Waals surface area (Å²) in [6.45, 7) is 3.33. The van der Waals surface area contributed by atoms with Crippen LogP contribution in [0.2, 0.25) is 0 Å². The molecule has 1 saturated heterocycles. The van der Waals surface area contributed by atoms with Gasteiger partial charge in [0.25, 0.3) is 5.91 Å². The van der Waals surface area contributed by atoms with Gasteiger partial charge in [-0.05, 0) is 37.8 Å². The average Bonchev–Trinajstić information content (AvgIpc) is 3.13. The normalized spacial score (nSPS) is 24.7. The van der Waals surface area contributed by atoms with Gasteiger partial charge in [0, 0.05) is 18.8 Å². The minimum absolute atomic E-state index is 0.151. The minimum atomic E-state index is 0.151. The largest absolute Gasteiger partial charge is 0.379 e. The van der Waals surface area contributed by atoms with Crippen molar-refractivity contribution < 1.29 is 4.79 Å². The SMILES string of the molecule is O=C1C2=C(CCCN2)N(C2CCCN2)CN1Cc1ccccc1. The van der Waals surface area contributed by atoms with E-state index in [0.717, 1.165) is 38.0 Å². The number of nitrogens with zero attached hydrogens (tertiary/aromatic N) is 2. The summed E-state index contributed by atoms with van der Waals surface area (Å²) in [5.41, 5.74) is 3.22. The van der Waals surface area contributed by atoms with E-state index in [-0.39, 0.29) is 5.91 Å². The molecule has 4 rings (SSSR count). The number of hydrogen-bond acceptors (Lipinski definition) is 4. The maximum atomic E-state index is 12.9. The smallest absolute Gasteiger partial charge is 0.273 e. The third-order valence-corrected chi connectivity index (χ3v) is 4.98. The molecule has 0 aliphatic carbocycles. The molecule has 122 valence electrons. The van der Waals surface area contributed by atoms with E-state index >= 15 is 0 Å². The molecular formula is C18H24N4O. The van der Waals surface area contributed by atoms with Crippen molar-refractivity contribution >= 4 is 5.91 Å². The second-order valence-electron chi connectivity index (χ2n) is 6.56. The van der Waals surface area contributed by atoms with Gasteiger partial charge in [-0.2, -0.15) is 0 Å². The van der Waals surface area contributed by atoms with Gasteiger partial charge in [-0.3, -0.25) is 10.1 Å². The van der Waals surface area contributed by atoms with Crippen LogP contribution in [0.15, 0.2) is 41.7 Å². The fourth-order valence-electron chi connectivity index (χ4n) is 3.82. The molecule has 3 aliphatic heterocycles. The van der Waals surface area contributed by atoms with E-state index in [4.69, 9.17) is 0 Å². The van der Waals surface area contributed by atoms with Crippen molar-refractivity contribution in [3.8, 4) is 0 Å². The lowest BCUT2D eigenvalue weighted by Crippen LogP contribution is -2.55. The highest BCUT2D eigenvalue weighted by Crippen LogP contribution is 2.29. The fraction of sp³-hybridized carbons (Fsp3) is 0.500. The first-order valence-corrected chi connectivity index (χ1v) is 8.63. The van der Waals surface area contributed by atoms with Crippen molar-refractivity contribution in [2.75, 3.05) is 19.8 Å². The van der Waals surface area contributed by atoms with Crippen LogP contribution in [0, 0.1) is 0 Å². The quantitative estimate of drug-likeness (QED) is 0.890. The van der Waals surface area contributed by atoms with Crippen LogP contribution >= 0.6 is 0 Å². The van der Waals surface area contributed by atoms with Gasteiger partial charge < -0.3 is 15.1 Å². The molecule has 1 fully saturated rings. The Bertz CT molecular complexity index is 607. The van der Waals surface area contributed by atoms with Crippen molar-refractivity contribution in [1.82, 2.24) is 20.4 Å². The lowest BCUT2D eigenvalue weighted by Gasteiger charge is -2.44. The van der Waals surface area contributed by atoms with Crippen LogP contribution in [0.5, 0.6) is 0 Å². The molecule has 3 aliphatic rings. The lowest BCUT2D eigenvalue weighted by molar-refractivity contribution is -0.133. The summed E-state index contributed by atoms with van der Waals surface area (Å²) < 4.78 is 0. The summed E-state index contributed by atoms with van der Waals surface area (Å²) >= 11 is 0. The van der Waals surface area contributed by atoms with Crippen molar-refractivity contribution in [2.24, 2.45) is 0 Å². The van der Waals surface area contributed by atoms with E-state index in [1.165, 1.54) is 17.7 Å². The molecule has 5 nitrogen and oxygen atoms in total. The molecule has 1 unspecified atom stereocenters. The van der Waals surface area contributed by atoms with Crippen molar-refractivity contribution in [1.29, 1.82) is 0 Å². The number of carbonyl (C=O) groups excluding carboxylic acids is 1. The maximum absolute atomic E-state index is 12.9. The number of carbonyl (C=O) groups is 1. The zero-order valence-electron chi connectivity index (χ0n) is 13.4. The van der Waals surface area contributed by atoms with Gasteiger partial charge >= 0.3 is 0 Å². The summed E-state index contributed by atoms with van der Waals surface area (Å²) in [5, 5.41) is 6.94. The van der Waals surface area contributed by atoms with Gasteiger partial charge in [0.2, 0.25) is 0 Å². The van der Waals surface area contributed by atoms with Crippen molar-refractivity contribution in [3.05, 3.63) is 47.3 Å². The predicted octanol–water partition coefficient (Wildman–Crippen LogP) is 1.59. The Morgan fingerprint density at radius 2 is 2.00 bits per heavy atom. The van der Waals surface area contributed by atoms with Gasteiger partial charge in [0.15, 0.2) is 0 Å². The summed E-state index contributed by atoms with van der Waals surface area (Å²) in [7, 11) is 0. The van der Waals surface area contributed by atoms with Crippen LogP contribution in [-0.2, 0) is 11.3 Å². The Balaban J connectivity index is 1.61. The molecule has 1 aromatic carbocycles. The summed E-state index contributed by atoms with van der Waals surface area (Å²) in [6.07, 6.45) is 4.85. The molecule has 0 aromatic heterocycles. The molecule has 3 heterocycles. The van der Waals surface area contributed by atoms with Crippen LogP contribution in [0.4, 0.5) is 0 Å². The van der Waals surface area contributed by atoms with E-state index in [9.17, 15) is 4.79 Å². The van der Waals surface area contributed by atoms with Crippen LogP contribution in [0.3, 0.4) is 0 Å². The Kier molecular flexibility index (Phi) is 3.95. The Hall–Kier alpha value is -2.01. The maximum Gasteiger partial charge on any atom is 0.273 e. The van der Waals surface area contributed by atoms with Gasteiger partial charge in [-0.15, -0.1) is 0 Å². The molecule has 1 atom stereocenters. The molecule has 0 saturated carbocycles. The van der Waals surface area contributed by atoms with E-state index in [2.05, 4.69) is 27.7 Å². The first-order chi connectivity index (χ1) is 11.3. The second kappa shape index (κ2) is 6.24. The number of rotatable bonds is 3. The van der Waals surface area contributed by atoms with E-state index in [1.807, 2.05) is 23.1 Å². The summed E-state index contributed by atoms with van der Waals surface area (Å²) in [6, 6.07) is 10.3. The van der Waals surface area contributed by atoms with Crippen molar-refractivity contribution in [3.63, 3.8) is 0 Å². The Morgan fingerprint density at radius 1 is 1.13 bits per heavy atom. The third-order valence-electron chi connectivity index (χ3n) is 4.98. The Labute approximate surface area is 137 Å². The zero-order valence-corrected chi connectivity index (χ0v) is 13.4. The second-order valence-corrected chi connectivity index (χ2v) is 6.56. The lowest BCUT2D eigenvalue weighted by atomic mass is 10.0.